The molecule has 0 aromatic carbocycles. The number of rotatable bonds is 18. The molecule has 0 fully saturated rings. The molecule has 0 aliphatic rings. The number of unbranched alkanes of at least 4 members (excludes halogenated alkanes) is 15. The van der Waals surface area contributed by atoms with Crippen LogP contribution in [0.4, 0.5) is 0 Å². The van der Waals surface area contributed by atoms with Crippen LogP contribution >= 0.6 is 0 Å². The Morgan fingerprint density at radius 2 is 0.957 bits per heavy atom. The Hall–Kier alpha value is -0.780. The molecule has 0 amide bonds. The first-order chi connectivity index (χ1) is 11.4. The normalized spacial score (nSPS) is 11.7. The highest BCUT2D eigenvalue weighted by Crippen LogP contribution is 2.13. The quantitative estimate of drug-likeness (QED) is 0.176. The van der Waals surface area contributed by atoms with Gasteiger partial charge in [-0.15, -0.1) is 0 Å². The first-order valence-electron chi connectivity index (χ1n) is 10.3. The molecule has 0 spiro atoms. The lowest BCUT2D eigenvalue weighted by molar-refractivity contribution is 0.533. The van der Waals surface area contributed by atoms with Crippen molar-refractivity contribution in [3.63, 3.8) is 0 Å². The average molecular weight is 318 g/mol. The summed E-state index contributed by atoms with van der Waals surface area (Å²) in [6.45, 7) is 7.55. The van der Waals surface area contributed by atoms with Crippen molar-refractivity contribution < 1.29 is 0 Å². The standard InChI is InChI=1S/C23H41/c1-3-5-7-9-11-13-15-17-19-21-23-22-20-18-16-14-12-10-8-6-4-2/h1,3,5,7,9,11H,4,6,8,10,12-23H2,2H3/b3-1?,7-5+,11-9+. The van der Waals surface area contributed by atoms with Crippen LogP contribution in [0.5, 0.6) is 0 Å². The fourth-order valence-corrected chi connectivity index (χ4v) is 2.94. The molecule has 133 valence electrons. The maximum atomic E-state index is 5.26. The SMILES string of the molecule is [CH]=C/C=C/C=C/CCCCCCCCCCCCCCCCC. The highest BCUT2D eigenvalue weighted by molar-refractivity contribution is 5.07. The maximum Gasteiger partial charge on any atom is -0.0348 e. The zero-order chi connectivity index (χ0) is 16.8. The van der Waals surface area contributed by atoms with Gasteiger partial charge in [-0.05, 0) is 12.8 Å². The van der Waals surface area contributed by atoms with E-state index in [4.69, 9.17) is 6.58 Å². The Balaban J connectivity index is 3.04. The van der Waals surface area contributed by atoms with E-state index in [9.17, 15) is 0 Å². The lowest BCUT2D eigenvalue weighted by Gasteiger charge is -2.03. The highest BCUT2D eigenvalue weighted by atomic mass is 14.0. The van der Waals surface area contributed by atoms with E-state index in [1.54, 1.807) is 6.08 Å². The average Bonchev–Trinajstić information content (AvgIpc) is 2.57. The van der Waals surface area contributed by atoms with Gasteiger partial charge < -0.3 is 0 Å². The summed E-state index contributed by atoms with van der Waals surface area (Å²) < 4.78 is 0. The molecule has 0 unspecified atom stereocenters. The van der Waals surface area contributed by atoms with Crippen molar-refractivity contribution in [1.82, 2.24) is 0 Å². The van der Waals surface area contributed by atoms with Crippen LogP contribution in [0.15, 0.2) is 30.4 Å². The molecule has 0 heterocycles. The second-order valence-electron chi connectivity index (χ2n) is 6.74. The third-order valence-corrected chi connectivity index (χ3v) is 4.44. The van der Waals surface area contributed by atoms with Crippen LogP contribution < -0.4 is 0 Å². The first-order valence-corrected chi connectivity index (χ1v) is 10.3. The Morgan fingerprint density at radius 1 is 0.522 bits per heavy atom. The van der Waals surface area contributed by atoms with Crippen molar-refractivity contribution >= 4 is 0 Å². The van der Waals surface area contributed by atoms with Crippen molar-refractivity contribution in [2.24, 2.45) is 0 Å². The predicted octanol–water partition coefficient (Wildman–Crippen LogP) is 8.35. The van der Waals surface area contributed by atoms with E-state index in [2.05, 4.69) is 19.1 Å². The van der Waals surface area contributed by atoms with Crippen LogP contribution in [0.2, 0.25) is 0 Å². The molecule has 0 rings (SSSR count). The van der Waals surface area contributed by atoms with Crippen molar-refractivity contribution in [3.8, 4) is 0 Å². The number of hydrogen-bond donors (Lipinski definition) is 0. The summed E-state index contributed by atoms with van der Waals surface area (Å²) in [6.07, 6.45) is 32.5. The summed E-state index contributed by atoms with van der Waals surface area (Å²) in [5.74, 6) is 0. The van der Waals surface area contributed by atoms with Gasteiger partial charge in [0, 0.05) is 0 Å². The Labute approximate surface area is 147 Å². The molecule has 0 nitrogen and oxygen atoms in total. The van der Waals surface area contributed by atoms with Crippen LogP contribution in [-0.4, -0.2) is 0 Å². The molecule has 0 aromatic heterocycles. The van der Waals surface area contributed by atoms with Crippen molar-refractivity contribution in [3.05, 3.63) is 37.0 Å². The van der Waals surface area contributed by atoms with Gasteiger partial charge in [-0.3, -0.25) is 0 Å². The lowest BCUT2D eigenvalue weighted by atomic mass is 10.0. The molecular weight excluding hydrogens is 276 g/mol. The van der Waals surface area contributed by atoms with Crippen LogP contribution in [0, 0.1) is 6.58 Å². The lowest BCUT2D eigenvalue weighted by Crippen LogP contribution is -1.83. The number of hydrogen-bond acceptors (Lipinski definition) is 0. The highest BCUT2D eigenvalue weighted by Gasteiger charge is 1.93. The molecule has 23 heavy (non-hydrogen) atoms. The molecule has 0 atom stereocenters. The van der Waals surface area contributed by atoms with Gasteiger partial charge in [0.15, 0.2) is 0 Å². The fraction of sp³-hybridized carbons (Fsp3) is 0.739. The number of allylic oxidation sites excluding steroid dienone is 5. The van der Waals surface area contributed by atoms with Crippen molar-refractivity contribution in [2.75, 3.05) is 0 Å². The summed E-state index contributed by atoms with van der Waals surface area (Å²) in [6, 6.07) is 0. The maximum absolute atomic E-state index is 5.26. The zero-order valence-electron chi connectivity index (χ0n) is 15.8. The Bertz CT molecular complexity index is 272. The van der Waals surface area contributed by atoms with Gasteiger partial charge >= 0.3 is 0 Å². The third-order valence-electron chi connectivity index (χ3n) is 4.44. The molecule has 1 radical (unpaired) electrons. The summed E-state index contributed by atoms with van der Waals surface area (Å²) in [7, 11) is 0. The van der Waals surface area contributed by atoms with E-state index >= 15 is 0 Å². The predicted molar refractivity (Wildman–Crippen MR) is 107 cm³/mol. The van der Waals surface area contributed by atoms with Crippen LogP contribution in [-0.2, 0) is 0 Å². The first kappa shape index (κ1) is 22.2. The van der Waals surface area contributed by atoms with Gasteiger partial charge in [0.05, 0.1) is 0 Å². The van der Waals surface area contributed by atoms with Gasteiger partial charge in [0.25, 0.3) is 0 Å². The van der Waals surface area contributed by atoms with Gasteiger partial charge in [-0.2, -0.15) is 0 Å². The molecule has 0 N–H and O–H groups in total. The third kappa shape index (κ3) is 21.2. The van der Waals surface area contributed by atoms with Gasteiger partial charge in [0.2, 0.25) is 0 Å². The van der Waals surface area contributed by atoms with Crippen LogP contribution in [0.25, 0.3) is 0 Å². The molecule has 0 aliphatic carbocycles. The molecule has 0 saturated carbocycles. The van der Waals surface area contributed by atoms with E-state index in [-0.39, 0.29) is 0 Å². The minimum absolute atomic E-state index is 1.20. The Kier molecular flexibility index (Phi) is 20.5. The van der Waals surface area contributed by atoms with E-state index in [0.717, 1.165) is 0 Å². The van der Waals surface area contributed by atoms with Crippen LogP contribution in [0.1, 0.15) is 110 Å². The zero-order valence-corrected chi connectivity index (χ0v) is 15.8. The molecule has 0 heteroatoms. The Morgan fingerprint density at radius 3 is 1.39 bits per heavy atom. The summed E-state index contributed by atoms with van der Waals surface area (Å²) >= 11 is 0. The second kappa shape index (κ2) is 21.2. The van der Waals surface area contributed by atoms with E-state index in [0.29, 0.717) is 0 Å². The molecule has 0 bridgehead atoms. The van der Waals surface area contributed by atoms with Gasteiger partial charge in [-0.1, -0.05) is 134 Å². The minimum atomic E-state index is 1.20. The smallest absolute Gasteiger partial charge is 0.0348 e. The topological polar surface area (TPSA) is 0 Å². The summed E-state index contributed by atoms with van der Waals surface area (Å²) in [5, 5.41) is 0. The van der Waals surface area contributed by atoms with Crippen molar-refractivity contribution in [2.45, 2.75) is 110 Å². The summed E-state index contributed by atoms with van der Waals surface area (Å²) in [4.78, 5) is 0. The largest absolute Gasteiger partial charge is 0.0845 e. The monoisotopic (exact) mass is 317 g/mol. The minimum Gasteiger partial charge on any atom is -0.0845 e. The molecule has 0 saturated heterocycles. The van der Waals surface area contributed by atoms with Crippen LogP contribution in [0.3, 0.4) is 0 Å². The van der Waals surface area contributed by atoms with Crippen molar-refractivity contribution in [1.29, 1.82) is 0 Å². The molecule has 0 aliphatic heterocycles. The second-order valence-corrected chi connectivity index (χ2v) is 6.74. The van der Waals surface area contributed by atoms with E-state index in [1.165, 1.54) is 103 Å². The van der Waals surface area contributed by atoms with E-state index < -0.39 is 0 Å². The molecular formula is C23H41. The fourth-order valence-electron chi connectivity index (χ4n) is 2.94. The summed E-state index contributed by atoms with van der Waals surface area (Å²) in [5.41, 5.74) is 0. The molecule has 0 aromatic rings. The van der Waals surface area contributed by atoms with E-state index in [1.807, 2.05) is 12.2 Å². The van der Waals surface area contributed by atoms with Gasteiger partial charge in [0.1, 0.15) is 0 Å². The van der Waals surface area contributed by atoms with Gasteiger partial charge in [-0.25, -0.2) is 0 Å².